The fraction of sp³-hybridized carbons (Fsp3) is 0.286. The third kappa shape index (κ3) is 4.73. The molecule has 27 heavy (non-hydrogen) atoms. The Labute approximate surface area is 160 Å². The molecule has 2 N–H and O–H groups in total. The average molecular weight is 362 g/mol. The molecule has 0 radical (unpaired) electrons. The van der Waals surface area contributed by atoms with E-state index in [1.54, 1.807) is 6.20 Å². The zero-order valence-electron chi connectivity index (χ0n) is 16.3. The minimum absolute atomic E-state index is 0.460. The second-order valence-corrected chi connectivity index (χ2v) is 6.45. The van der Waals surface area contributed by atoms with Gasteiger partial charge in [0.1, 0.15) is 0 Å². The smallest absolute Gasteiger partial charge is 0.249 e. The highest BCUT2D eigenvalue weighted by Crippen LogP contribution is 2.25. The summed E-state index contributed by atoms with van der Waals surface area (Å²) in [5.74, 6) is 1.11. The van der Waals surface area contributed by atoms with Gasteiger partial charge in [0.15, 0.2) is 5.82 Å². The van der Waals surface area contributed by atoms with E-state index in [1.165, 1.54) is 11.3 Å². The maximum Gasteiger partial charge on any atom is 0.249 e. The molecule has 140 valence electrons. The monoisotopic (exact) mass is 362 g/mol. The third-order valence-corrected chi connectivity index (χ3v) is 4.47. The Balaban J connectivity index is 1.75. The minimum Gasteiger partial charge on any atom is -0.372 e. The SMILES string of the molecule is CCN(CC)c1ccc(Nc2cnnc(Nc3ccc(C)cc3)n2)c(C)c1. The maximum absolute atomic E-state index is 4.51. The summed E-state index contributed by atoms with van der Waals surface area (Å²) in [5.41, 5.74) is 5.53. The summed E-state index contributed by atoms with van der Waals surface area (Å²) < 4.78 is 0. The van der Waals surface area contributed by atoms with Crippen molar-refractivity contribution in [2.45, 2.75) is 27.7 Å². The molecule has 1 heterocycles. The van der Waals surface area contributed by atoms with E-state index in [0.717, 1.165) is 30.0 Å². The van der Waals surface area contributed by atoms with Crippen LogP contribution in [0.2, 0.25) is 0 Å². The molecule has 0 saturated carbocycles. The van der Waals surface area contributed by atoms with E-state index in [0.29, 0.717) is 11.8 Å². The Bertz CT molecular complexity index is 887. The molecule has 0 aliphatic heterocycles. The third-order valence-electron chi connectivity index (χ3n) is 4.47. The first-order valence-electron chi connectivity index (χ1n) is 9.25. The van der Waals surface area contributed by atoms with Crippen molar-refractivity contribution >= 4 is 28.8 Å². The van der Waals surface area contributed by atoms with Crippen molar-refractivity contribution < 1.29 is 0 Å². The molecule has 1 aromatic heterocycles. The van der Waals surface area contributed by atoms with Crippen LogP contribution >= 0.6 is 0 Å². The van der Waals surface area contributed by atoms with Crippen LogP contribution < -0.4 is 15.5 Å². The number of nitrogens with zero attached hydrogens (tertiary/aromatic N) is 4. The summed E-state index contributed by atoms with van der Waals surface area (Å²) >= 11 is 0. The molecule has 3 rings (SSSR count). The predicted molar refractivity (Wildman–Crippen MR) is 112 cm³/mol. The lowest BCUT2D eigenvalue weighted by atomic mass is 10.1. The summed E-state index contributed by atoms with van der Waals surface area (Å²) in [5, 5.41) is 14.6. The van der Waals surface area contributed by atoms with Crippen molar-refractivity contribution in [3.05, 3.63) is 59.8 Å². The number of hydrogen-bond donors (Lipinski definition) is 2. The van der Waals surface area contributed by atoms with Gasteiger partial charge in [-0.25, -0.2) is 0 Å². The van der Waals surface area contributed by atoms with E-state index in [9.17, 15) is 0 Å². The van der Waals surface area contributed by atoms with Gasteiger partial charge in [0.05, 0.1) is 6.20 Å². The van der Waals surface area contributed by atoms with Gasteiger partial charge in [0, 0.05) is 30.2 Å². The van der Waals surface area contributed by atoms with Crippen molar-refractivity contribution in [3.63, 3.8) is 0 Å². The lowest BCUT2D eigenvalue weighted by Crippen LogP contribution is -2.21. The fourth-order valence-electron chi connectivity index (χ4n) is 2.89. The molecule has 0 amide bonds. The molecule has 6 nitrogen and oxygen atoms in total. The van der Waals surface area contributed by atoms with Crippen LogP contribution in [-0.2, 0) is 0 Å². The van der Waals surface area contributed by atoms with Crippen LogP contribution in [0.3, 0.4) is 0 Å². The molecule has 0 atom stereocenters. The molecule has 0 saturated heterocycles. The quantitative estimate of drug-likeness (QED) is 0.628. The van der Waals surface area contributed by atoms with E-state index in [4.69, 9.17) is 0 Å². The minimum atomic E-state index is 0.460. The van der Waals surface area contributed by atoms with Crippen molar-refractivity contribution in [1.29, 1.82) is 0 Å². The van der Waals surface area contributed by atoms with Gasteiger partial charge >= 0.3 is 0 Å². The van der Waals surface area contributed by atoms with E-state index in [-0.39, 0.29) is 0 Å². The summed E-state index contributed by atoms with van der Waals surface area (Å²) in [7, 11) is 0. The maximum atomic E-state index is 4.51. The molecular formula is C21H26N6. The average Bonchev–Trinajstić information content (AvgIpc) is 2.67. The standard InChI is InChI=1S/C21H26N6/c1-5-27(6-2)18-11-12-19(16(4)13-18)24-20-14-22-26-21(25-20)23-17-9-7-15(3)8-10-17/h7-14H,5-6H2,1-4H3,(H2,23,24,25,26). The van der Waals surface area contributed by atoms with Crippen molar-refractivity contribution in [2.75, 3.05) is 28.6 Å². The lowest BCUT2D eigenvalue weighted by Gasteiger charge is -2.22. The highest BCUT2D eigenvalue weighted by atomic mass is 15.3. The second-order valence-electron chi connectivity index (χ2n) is 6.45. The molecule has 0 fully saturated rings. The molecule has 6 heteroatoms. The first-order chi connectivity index (χ1) is 13.1. The Morgan fingerprint density at radius 3 is 2.33 bits per heavy atom. The Morgan fingerprint density at radius 2 is 1.67 bits per heavy atom. The van der Waals surface area contributed by atoms with Crippen LogP contribution in [0, 0.1) is 13.8 Å². The van der Waals surface area contributed by atoms with Gasteiger partial charge in [-0.3, -0.25) is 0 Å². The van der Waals surface area contributed by atoms with Gasteiger partial charge in [-0.15, -0.1) is 5.10 Å². The van der Waals surface area contributed by atoms with Gasteiger partial charge in [-0.2, -0.15) is 10.1 Å². The summed E-state index contributed by atoms with van der Waals surface area (Å²) in [6.07, 6.45) is 1.62. The summed E-state index contributed by atoms with van der Waals surface area (Å²) in [6.45, 7) is 10.5. The van der Waals surface area contributed by atoms with Crippen molar-refractivity contribution in [3.8, 4) is 0 Å². The van der Waals surface area contributed by atoms with Crippen LogP contribution in [0.5, 0.6) is 0 Å². The number of hydrogen-bond acceptors (Lipinski definition) is 6. The second kappa shape index (κ2) is 8.49. The number of benzene rings is 2. The number of nitrogens with one attached hydrogen (secondary N) is 2. The molecule has 3 aromatic rings. The largest absolute Gasteiger partial charge is 0.372 e. The van der Waals surface area contributed by atoms with Crippen LogP contribution in [0.15, 0.2) is 48.7 Å². The number of aromatic nitrogens is 3. The molecule has 0 spiro atoms. The molecule has 2 aromatic carbocycles. The van der Waals surface area contributed by atoms with Gasteiger partial charge < -0.3 is 15.5 Å². The molecular weight excluding hydrogens is 336 g/mol. The normalized spacial score (nSPS) is 10.5. The van der Waals surface area contributed by atoms with Gasteiger partial charge in [0.25, 0.3) is 0 Å². The molecule has 0 aliphatic carbocycles. The van der Waals surface area contributed by atoms with Crippen molar-refractivity contribution in [1.82, 2.24) is 15.2 Å². The highest BCUT2D eigenvalue weighted by Gasteiger charge is 2.07. The number of rotatable bonds is 7. The number of aryl methyl sites for hydroxylation is 2. The van der Waals surface area contributed by atoms with Crippen molar-refractivity contribution in [2.24, 2.45) is 0 Å². The Kier molecular flexibility index (Phi) is 5.86. The Hall–Kier alpha value is -3.15. The molecule has 0 bridgehead atoms. The van der Waals surface area contributed by atoms with Crippen LogP contribution in [0.25, 0.3) is 0 Å². The van der Waals surface area contributed by atoms with E-state index >= 15 is 0 Å². The lowest BCUT2D eigenvalue weighted by molar-refractivity contribution is 0.866. The van der Waals surface area contributed by atoms with Crippen LogP contribution in [0.1, 0.15) is 25.0 Å². The number of anilines is 5. The summed E-state index contributed by atoms with van der Waals surface area (Å²) in [6, 6.07) is 14.5. The zero-order valence-corrected chi connectivity index (χ0v) is 16.3. The molecule has 0 aliphatic rings. The first-order valence-corrected chi connectivity index (χ1v) is 9.25. The van der Waals surface area contributed by atoms with E-state index < -0.39 is 0 Å². The van der Waals surface area contributed by atoms with Crippen LogP contribution in [0.4, 0.5) is 28.8 Å². The van der Waals surface area contributed by atoms with E-state index in [2.05, 4.69) is 76.6 Å². The summed E-state index contributed by atoms with van der Waals surface area (Å²) in [4.78, 5) is 6.84. The van der Waals surface area contributed by atoms with Crippen LogP contribution in [-0.4, -0.2) is 28.3 Å². The van der Waals surface area contributed by atoms with Gasteiger partial charge in [0.2, 0.25) is 5.95 Å². The van der Waals surface area contributed by atoms with Gasteiger partial charge in [-0.05, 0) is 63.6 Å². The molecule has 0 unspecified atom stereocenters. The topological polar surface area (TPSA) is 66.0 Å². The Morgan fingerprint density at radius 1 is 0.926 bits per heavy atom. The van der Waals surface area contributed by atoms with E-state index in [1.807, 2.05) is 24.3 Å². The fourth-order valence-corrected chi connectivity index (χ4v) is 2.89. The zero-order chi connectivity index (χ0) is 19.2. The predicted octanol–water partition coefficient (Wildman–Crippen LogP) is 4.82. The van der Waals surface area contributed by atoms with Gasteiger partial charge in [-0.1, -0.05) is 17.7 Å². The highest BCUT2D eigenvalue weighted by molar-refractivity contribution is 5.65. The first kappa shape index (κ1) is 18.6.